The van der Waals surface area contributed by atoms with Crippen molar-refractivity contribution in [3.8, 4) is 11.5 Å². The second kappa shape index (κ2) is 13.3. The van der Waals surface area contributed by atoms with Gasteiger partial charge in [0.1, 0.15) is 22.5 Å². The number of methoxy groups -OCH3 is 2. The van der Waals surface area contributed by atoms with Crippen molar-refractivity contribution in [2.24, 2.45) is 0 Å². The predicted octanol–water partition coefficient (Wildman–Crippen LogP) is -0.115. The molecular formula is C27H21N2NaO7S. The average Bonchev–Trinajstić information content (AvgIpc) is 3.39. The van der Waals surface area contributed by atoms with Gasteiger partial charge in [-0.25, -0.2) is 4.79 Å². The van der Waals surface area contributed by atoms with Gasteiger partial charge in [0.05, 0.1) is 31.9 Å². The monoisotopic (exact) mass is 540 g/mol. The summed E-state index contributed by atoms with van der Waals surface area (Å²) in [5, 5.41) is 12.5. The largest absolute Gasteiger partial charge is 1.00 e. The molecule has 0 saturated heterocycles. The third kappa shape index (κ3) is 6.65. The van der Waals surface area contributed by atoms with Crippen molar-refractivity contribution in [2.75, 3.05) is 20.8 Å². The Morgan fingerprint density at radius 1 is 0.895 bits per heavy atom. The molecule has 3 aromatic carbocycles. The molecule has 0 bridgehead atoms. The summed E-state index contributed by atoms with van der Waals surface area (Å²) in [6, 6.07) is 17.9. The molecule has 11 heteroatoms. The van der Waals surface area contributed by atoms with Crippen LogP contribution in [0, 0.1) is 0 Å². The van der Waals surface area contributed by atoms with Gasteiger partial charge >= 0.3 is 35.5 Å². The second-order valence-corrected chi connectivity index (χ2v) is 8.35. The number of carboxylic acids is 1. The average molecular weight is 541 g/mol. The van der Waals surface area contributed by atoms with E-state index in [-0.39, 0.29) is 65.0 Å². The number of hydrogen-bond donors (Lipinski definition) is 0. The van der Waals surface area contributed by atoms with Crippen molar-refractivity contribution >= 4 is 46.1 Å². The van der Waals surface area contributed by atoms with E-state index >= 15 is 0 Å². The van der Waals surface area contributed by atoms with Crippen LogP contribution in [0.4, 0.5) is 0 Å². The Hall–Kier alpha value is -3.57. The molecule has 0 aliphatic heterocycles. The van der Waals surface area contributed by atoms with E-state index in [9.17, 15) is 19.5 Å². The molecule has 4 aromatic rings. The Bertz CT molecular complexity index is 1500. The van der Waals surface area contributed by atoms with E-state index in [0.29, 0.717) is 27.9 Å². The number of hydrogen-bond acceptors (Lipinski definition) is 10. The molecular weight excluding hydrogens is 519 g/mol. The first-order valence-electron chi connectivity index (χ1n) is 11.0. The van der Waals surface area contributed by atoms with Crippen LogP contribution in [0.5, 0.6) is 11.5 Å². The van der Waals surface area contributed by atoms with Gasteiger partial charge in [0.2, 0.25) is 0 Å². The Labute approximate surface area is 244 Å². The van der Waals surface area contributed by atoms with E-state index in [4.69, 9.17) is 9.47 Å². The molecule has 4 rings (SSSR count). The molecule has 188 valence electrons. The summed E-state index contributed by atoms with van der Waals surface area (Å²) in [7, 11) is 2.71. The Morgan fingerprint density at radius 3 is 2.32 bits per heavy atom. The third-order valence-electron chi connectivity index (χ3n) is 5.57. The van der Waals surface area contributed by atoms with Gasteiger partial charge in [0, 0.05) is 29.2 Å². The summed E-state index contributed by atoms with van der Waals surface area (Å²) in [5.74, 6) is -1.94. The molecule has 9 nitrogen and oxygen atoms in total. The van der Waals surface area contributed by atoms with Crippen LogP contribution in [-0.4, -0.2) is 47.3 Å². The first kappa shape index (κ1) is 29.0. The number of esters is 1. The zero-order chi connectivity index (χ0) is 26.4. The van der Waals surface area contributed by atoms with E-state index in [1.807, 2.05) is 0 Å². The molecule has 0 unspecified atom stereocenters. The topological polar surface area (TPSA) is 128 Å². The zero-order valence-corrected chi connectivity index (χ0v) is 23.7. The standard InChI is InChI=1S/C27H22N2O7S.Na/c1-34-19-10-8-17(23(14-19)36-15-24(30)35-2)12-20(26(31)16-6-4-3-5-7-16)25(27(32)33)18-9-11-21-22(13-18)29-37-28-21;/h3-11,13-14H,12,15H2,1-2H3,(H,32,33);/q;+1/p-1. The summed E-state index contributed by atoms with van der Waals surface area (Å²) in [4.78, 5) is 37.9. The van der Waals surface area contributed by atoms with E-state index in [1.54, 1.807) is 66.7 Å². The predicted molar refractivity (Wildman–Crippen MR) is 134 cm³/mol. The molecule has 0 saturated carbocycles. The summed E-state index contributed by atoms with van der Waals surface area (Å²) >= 11 is 0.999. The Balaban J connectivity index is 0.00000400. The van der Waals surface area contributed by atoms with Gasteiger partial charge in [0.25, 0.3) is 0 Å². The van der Waals surface area contributed by atoms with Crippen LogP contribution < -0.4 is 44.1 Å². The third-order valence-corrected chi connectivity index (χ3v) is 6.13. The van der Waals surface area contributed by atoms with Crippen LogP contribution in [0.1, 0.15) is 21.5 Å². The molecule has 1 aromatic heterocycles. The van der Waals surface area contributed by atoms with E-state index in [1.165, 1.54) is 14.2 Å². The maximum atomic E-state index is 13.7. The molecule has 0 N–H and O–H groups in total. The number of ketones is 1. The minimum Gasteiger partial charge on any atom is -0.545 e. The van der Waals surface area contributed by atoms with Gasteiger partial charge < -0.3 is 24.1 Å². The molecule has 38 heavy (non-hydrogen) atoms. The van der Waals surface area contributed by atoms with Crippen molar-refractivity contribution in [1.82, 2.24) is 8.75 Å². The molecule has 0 spiro atoms. The van der Waals surface area contributed by atoms with E-state index < -0.39 is 17.7 Å². The summed E-state index contributed by atoms with van der Waals surface area (Å²) < 4.78 is 23.9. The summed E-state index contributed by atoms with van der Waals surface area (Å²) in [5.41, 5.74) is 1.82. The maximum absolute atomic E-state index is 13.7. The number of nitrogens with zero attached hydrogens (tertiary/aromatic N) is 2. The number of carbonyl (C=O) groups is 3. The van der Waals surface area contributed by atoms with Crippen LogP contribution >= 0.6 is 11.7 Å². The molecule has 0 aliphatic carbocycles. The number of Topliss-reactive ketones (excluding diaryl/α,β-unsaturated/α-hetero) is 1. The van der Waals surface area contributed by atoms with Crippen LogP contribution in [0.2, 0.25) is 0 Å². The summed E-state index contributed by atoms with van der Waals surface area (Å²) in [6.07, 6.45) is -0.134. The maximum Gasteiger partial charge on any atom is 1.00 e. The molecule has 0 atom stereocenters. The quantitative estimate of drug-likeness (QED) is 0.117. The Kier molecular flexibility index (Phi) is 10.1. The first-order chi connectivity index (χ1) is 17.9. The number of aliphatic carboxylic acids is 1. The minimum absolute atomic E-state index is 0. The second-order valence-electron chi connectivity index (χ2n) is 7.82. The fourth-order valence-electron chi connectivity index (χ4n) is 3.73. The van der Waals surface area contributed by atoms with Gasteiger partial charge in [-0.05, 0) is 29.3 Å². The molecule has 0 aliphatic rings. The fraction of sp³-hybridized carbons (Fsp3) is 0.148. The first-order valence-corrected chi connectivity index (χ1v) is 11.8. The van der Waals surface area contributed by atoms with Crippen LogP contribution in [0.25, 0.3) is 16.6 Å². The minimum atomic E-state index is -1.52. The van der Waals surface area contributed by atoms with Gasteiger partial charge in [-0.15, -0.1) is 0 Å². The van der Waals surface area contributed by atoms with Gasteiger partial charge in [-0.2, -0.15) is 8.75 Å². The number of allylic oxidation sites excluding steroid dienone is 1. The SMILES string of the molecule is COC(=O)COc1cc(OC)ccc1CC(C(=O)c1ccccc1)=C(C(=O)[O-])c1ccc2nsnc2c1.[Na+]. The number of aromatic nitrogens is 2. The number of rotatable bonds is 10. The van der Waals surface area contributed by atoms with E-state index in [0.717, 1.165) is 11.7 Å². The molecule has 0 amide bonds. The van der Waals surface area contributed by atoms with E-state index in [2.05, 4.69) is 13.5 Å². The smallest absolute Gasteiger partial charge is 0.545 e. The van der Waals surface area contributed by atoms with Crippen LogP contribution in [-0.2, 0) is 20.7 Å². The van der Waals surface area contributed by atoms with Crippen molar-refractivity contribution in [1.29, 1.82) is 0 Å². The van der Waals surface area contributed by atoms with Crippen LogP contribution in [0.15, 0.2) is 72.3 Å². The molecule has 1 heterocycles. The van der Waals surface area contributed by atoms with Gasteiger partial charge in [-0.3, -0.25) is 4.79 Å². The number of carboxylic acid groups (broad SMARTS) is 1. The van der Waals surface area contributed by atoms with Crippen molar-refractivity contribution in [3.63, 3.8) is 0 Å². The Morgan fingerprint density at radius 2 is 1.63 bits per heavy atom. The van der Waals surface area contributed by atoms with Crippen molar-refractivity contribution < 1.29 is 63.3 Å². The van der Waals surface area contributed by atoms with Crippen molar-refractivity contribution in [2.45, 2.75) is 6.42 Å². The fourth-order valence-corrected chi connectivity index (χ4v) is 4.24. The van der Waals surface area contributed by atoms with Crippen molar-refractivity contribution in [3.05, 3.63) is 89.0 Å². The number of benzene rings is 3. The van der Waals surface area contributed by atoms with Crippen LogP contribution in [0.3, 0.4) is 0 Å². The normalized spacial score (nSPS) is 11.2. The van der Waals surface area contributed by atoms with Gasteiger partial charge in [0.15, 0.2) is 12.4 Å². The van der Waals surface area contributed by atoms with Gasteiger partial charge in [-0.1, -0.05) is 42.5 Å². The number of carbonyl (C=O) groups excluding carboxylic acids is 3. The molecule has 0 radical (unpaired) electrons. The zero-order valence-electron chi connectivity index (χ0n) is 20.9. The summed E-state index contributed by atoms with van der Waals surface area (Å²) in [6.45, 7) is -0.386. The number of ether oxygens (including phenoxy) is 3. The molecule has 0 fully saturated rings. The number of fused-ring (bicyclic) bond motifs is 1.